The first kappa shape index (κ1) is 20.2. The van der Waals surface area contributed by atoms with Crippen LogP contribution in [0, 0.1) is 0 Å². The Kier molecular flexibility index (Phi) is 9.22. The van der Waals surface area contributed by atoms with Crippen LogP contribution in [-0.2, 0) is 11.2 Å². The smallest absolute Gasteiger partial charge is 0.220 e. The molecule has 0 unspecified atom stereocenters. The summed E-state index contributed by atoms with van der Waals surface area (Å²) < 4.78 is 0. The van der Waals surface area contributed by atoms with E-state index in [4.69, 9.17) is 5.73 Å². The van der Waals surface area contributed by atoms with Crippen LogP contribution in [0.3, 0.4) is 0 Å². The van der Waals surface area contributed by atoms with Crippen molar-refractivity contribution < 1.29 is 4.79 Å². The molecule has 22 heavy (non-hydrogen) atoms. The number of para-hydroxylation sites is 1. The Hall–Kier alpha value is -1.78. The molecule has 6 heteroatoms. The lowest BCUT2D eigenvalue weighted by molar-refractivity contribution is -0.121. The molecule has 3 N–H and O–H groups in total. The molecular weight excluding hydrogens is 321 g/mol. The predicted molar refractivity (Wildman–Crippen MR) is 94.5 cm³/mol. The zero-order valence-electron chi connectivity index (χ0n) is 12.4. The first-order valence-corrected chi connectivity index (χ1v) is 6.69. The summed E-state index contributed by atoms with van der Waals surface area (Å²) in [5, 5.41) is 2.97. The monoisotopic (exact) mass is 341 g/mol. The first-order chi connectivity index (χ1) is 9.66. The van der Waals surface area contributed by atoms with Gasteiger partial charge in [-0.3, -0.25) is 9.78 Å². The van der Waals surface area contributed by atoms with Crippen LogP contribution < -0.4 is 11.1 Å². The van der Waals surface area contributed by atoms with Gasteiger partial charge in [0.2, 0.25) is 5.91 Å². The third-order valence-corrected chi connectivity index (χ3v) is 3.24. The van der Waals surface area contributed by atoms with Crippen molar-refractivity contribution in [3.05, 3.63) is 59.9 Å². The highest BCUT2D eigenvalue weighted by molar-refractivity contribution is 5.85. The van der Waals surface area contributed by atoms with Crippen molar-refractivity contribution in [2.24, 2.45) is 0 Å². The molecule has 1 aromatic heterocycles. The van der Waals surface area contributed by atoms with E-state index in [-0.39, 0.29) is 36.8 Å². The van der Waals surface area contributed by atoms with Crippen LogP contribution in [0.5, 0.6) is 0 Å². The van der Waals surface area contributed by atoms with E-state index >= 15 is 0 Å². The second-order valence-corrected chi connectivity index (χ2v) is 4.77. The molecular formula is C16H21Cl2N3O. The zero-order chi connectivity index (χ0) is 14.4. The summed E-state index contributed by atoms with van der Waals surface area (Å²) in [6.07, 6.45) is 4.56. The van der Waals surface area contributed by atoms with Gasteiger partial charge in [-0.25, -0.2) is 0 Å². The van der Waals surface area contributed by atoms with Crippen molar-refractivity contribution >= 4 is 36.4 Å². The maximum absolute atomic E-state index is 11.9. The standard InChI is InChI=1S/C16H19N3O.2ClH/c1-12(14-6-4-10-18-11-14)19-16(20)9-8-13-5-2-3-7-15(13)17;;/h2-7,10-12H,8-9,17H2,1H3,(H,19,20);2*1H/t12-;;/m0../s1. The second kappa shape index (κ2) is 10.0. The number of nitrogens with two attached hydrogens (primary N) is 1. The van der Waals surface area contributed by atoms with Crippen LogP contribution in [0.25, 0.3) is 0 Å². The molecule has 0 bridgehead atoms. The third-order valence-electron chi connectivity index (χ3n) is 3.24. The number of halogens is 2. The molecule has 0 aliphatic carbocycles. The molecule has 1 amide bonds. The number of nitrogens with one attached hydrogen (secondary N) is 1. The maximum atomic E-state index is 11.9. The Morgan fingerprint density at radius 2 is 1.95 bits per heavy atom. The highest BCUT2D eigenvalue weighted by atomic mass is 35.5. The topological polar surface area (TPSA) is 68.0 Å². The number of nitrogens with zero attached hydrogens (tertiary/aromatic N) is 1. The van der Waals surface area contributed by atoms with E-state index in [2.05, 4.69) is 10.3 Å². The minimum absolute atomic E-state index is 0. The number of hydrogen-bond donors (Lipinski definition) is 2. The number of amides is 1. The molecule has 0 saturated carbocycles. The van der Waals surface area contributed by atoms with E-state index < -0.39 is 0 Å². The molecule has 4 nitrogen and oxygen atoms in total. The van der Waals surface area contributed by atoms with E-state index in [0.717, 1.165) is 16.8 Å². The molecule has 0 saturated heterocycles. The van der Waals surface area contributed by atoms with Gasteiger partial charge >= 0.3 is 0 Å². The predicted octanol–water partition coefficient (Wildman–Crippen LogP) is 3.32. The summed E-state index contributed by atoms with van der Waals surface area (Å²) >= 11 is 0. The molecule has 0 aliphatic rings. The Labute approximate surface area is 143 Å². The van der Waals surface area contributed by atoms with Crippen LogP contribution in [0.4, 0.5) is 5.69 Å². The van der Waals surface area contributed by atoms with E-state index in [1.54, 1.807) is 12.4 Å². The van der Waals surface area contributed by atoms with Crippen LogP contribution >= 0.6 is 24.8 Å². The van der Waals surface area contributed by atoms with Crippen molar-refractivity contribution in [2.45, 2.75) is 25.8 Å². The lowest BCUT2D eigenvalue weighted by Gasteiger charge is -2.14. The van der Waals surface area contributed by atoms with Gasteiger partial charge in [0, 0.05) is 24.5 Å². The van der Waals surface area contributed by atoms with Crippen LogP contribution in [0.2, 0.25) is 0 Å². The van der Waals surface area contributed by atoms with Crippen LogP contribution in [-0.4, -0.2) is 10.9 Å². The molecule has 1 heterocycles. The van der Waals surface area contributed by atoms with Gasteiger partial charge in [-0.15, -0.1) is 24.8 Å². The van der Waals surface area contributed by atoms with Crippen LogP contribution in [0.1, 0.15) is 30.5 Å². The summed E-state index contributed by atoms with van der Waals surface area (Å²) in [6, 6.07) is 11.4. The van der Waals surface area contributed by atoms with E-state index in [0.29, 0.717) is 12.8 Å². The number of aryl methyl sites for hydroxylation is 1. The zero-order valence-corrected chi connectivity index (χ0v) is 14.0. The third kappa shape index (κ3) is 5.92. The van der Waals surface area contributed by atoms with Gasteiger partial charge in [-0.1, -0.05) is 24.3 Å². The minimum atomic E-state index is -0.0377. The summed E-state index contributed by atoms with van der Waals surface area (Å²) in [5.74, 6) is 0.0182. The average molecular weight is 342 g/mol. The Morgan fingerprint density at radius 1 is 1.23 bits per heavy atom. The van der Waals surface area contributed by atoms with Gasteiger partial charge < -0.3 is 11.1 Å². The highest BCUT2D eigenvalue weighted by Gasteiger charge is 2.10. The number of carbonyl (C=O) groups excluding carboxylic acids is 1. The van der Waals surface area contributed by atoms with Gasteiger partial charge in [0.15, 0.2) is 0 Å². The maximum Gasteiger partial charge on any atom is 0.220 e. The number of benzene rings is 1. The molecule has 0 fully saturated rings. The van der Waals surface area contributed by atoms with Crippen molar-refractivity contribution in [3.63, 3.8) is 0 Å². The molecule has 1 atom stereocenters. The number of nitrogen functional groups attached to an aromatic ring is 1. The number of anilines is 1. The second-order valence-electron chi connectivity index (χ2n) is 4.77. The molecule has 2 aromatic rings. The molecule has 2 rings (SSSR count). The largest absolute Gasteiger partial charge is 0.399 e. The number of carbonyl (C=O) groups is 1. The number of aromatic nitrogens is 1. The molecule has 0 spiro atoms. The number of rotatable bonds is 5. The summed E-state index contributed by atoms with van der Waals surface area (Å²) in [5.41, 5.74) is 8.61. The fourth-order valence-electron chi connectivity index (χ4n) is 2.04. The fraction of sp³-hybridized carbons (Fsp3) is 0.250. The summed E-state index contributed by atoms with van der Waals surface area (Å²) in [4.78, 5) is 16.0. The molecule has 1 aromatic carbocycles. The van der Waals surface area contributed by atoms with Gasteiger partial charge in [0.25, 0.3) is 0 Å². The van der Waals surface area contributed by atoms with Crippen molar-refractivity contribution in [1.29, 1.82) is 0 Å². The van der Waals surface area contributed by atoms with Crippen molar-refractivity contribution in [1.82, 2.24) is 10.3 Å². The quantitative estimate of drug-likeness (QED) is 0.819. The SMILES string of the molecule is C[C@H](NC(=O)CCc1ccccc1N)c1cccnc1.Cl.Cl. The van der Waals surface area contributed by atoms with Crippen molar-refractivity contribution in [2.75, 3.05) is 5.73 Å². The lowest BCUT2D eigenvalue weighted by Crippen LogP contribution is -2.26. The van der Waals surface area contributed by atoms with E-state index in [1.165, 1.54) is 0 Å². The fourth-order valence-corrected chi connectivity index (χ4v) is 2.04. The van der Waals surface area contributed by atoms with E-state index in [9.17, 15) is 4.79 Å². The summed E-state index contributed by atoms with van der Waals surface area (Å²) in [7, 11) is 0. The molecule has 120 valence electrons. The van der Waals surface area contributed by atoms with Gasteiger partial charge in [-0.05, 0) is 36.6 Å². The van der Waals surface area contributed by atoms with Gasteiger partial charge in [0.1, 0.15) is 0 Å². The van der Waals surface area contributed by atoms with Gasteiger partial charge in [0.05, 0.1) is 6.04 Å². The number of pyridine rings is 1. The number of hydrogen-bond acceptors (Lipinski definition) is 3. The Morgan fingerprint density at radius 3 is 2.59 bits per heavy atom. The van der Waals surface area contributed by atoms with Gasteiger partial charge in [-0.2, -0.15) is 0 Å². The van der Waals surface area contributed by atoms with Crippen LogP contribution in [0.15, 0.2) is 48.8 Å². The Balaban J connectivity index is 0.00000220. The molecule has 0 radical (unpaired) electrons. The normalized spacial score (nSPS) is 10.8. The lowest BCUT2D eigenvalue weighted by atomic mass is 10.1. The molecule has 0 aliphatic heterocycles. The minimum Gasteiger partial charge on any atom is -0.399 e. The van der Waals surface area contributed by atoms with Crippen molar-refractivity contribution in [3.8, 4) is 0 Å². The van der Waals surface area contributed by atoms with E-state index in [1.807, 2.05) is 43.3 Å². The highest BCUT2D eigenvalue weighted by Crippen LogP contribution is 2.14. The average Bonchev–Trinajstić information content (AvgIpc) is 2.47. The summed E-state index contributed by atoms with van der Waals surface area (Å²) in [6.45, 7) is 1.95. The Bertz CT molecular complexity index is 579. The first-order valence-electron chi connectivity index (χ1n) is 6.69.